The number of carbonyl (C=O) groups excluding carboxylic acids is 2. The summed E-state index contributed by atoms with van der Waals surface area (Å²) in [5.41, 5.74) is 5.32. The number of nitrogens with one attached hydrogen (secondary N) is 2. The number of esters is 2. The summed E-state index contributed by atoms with van der Waals surface area (Å²) in [5.74, 6) is -2.15. The van der Waals surface area contributed by atoms with Gasteiger partial charge < -0.3 is 25.3 Å². The summed E-state index contributed by atoms with van der Waals surface area (Å²) in [4.78, 5) is 59.5. The topological polar surface area (TPSA) is 182 Å². The second-order valence-electron chi connectivity index (χ2n) is 5.76. The second-order valence-corrected chi connectivity index (χ2v) is 5.76. The first-order chi connectivity index (χ1) is 14.2. The monoisotopic (exact) mass is 415 g/mol. The molecular formula is C19H17N3O8. The Labute approximate surface area is 168 Å². The van der Waals surface area contributed by atoms with Gasteiger partial charge in [-0.3, -0.25) is 9.78 Å². The predicted octanol–water partition coefficient (Wildman–Crippen LogP) is 0.757. The van der Waals surface area contributed by atoms with Crippen LogP contribution in [0.4, 0.5) is 5.69 Å². The molecule has 0 radical (unpaired) electrons. The summed E-state index contributed by atoms with van der Waals surface area (Å²) in [6.45, 7) is 0. The Morgan fingerprint density at radius 2 is 1.53 bits per heavy atom. The molecule has 0 aliphatic rings. The number of fused-ring (bicyclic) bond motifs is 1. The molecule has 0 spiro atoms. The normalized spacial score (nSPS) is 9.93. The number of carbonyl (C=O) groups is 3. The summed E-state index contributed by atoms with van der Waals surface area (Å²) in [6, 6.07) is 8.15. The molecule has 0 unspecified atom stereocenters. The second kappa shape index (κ2) is 9.19. The fourth-order valence-electron chi connectivity index (χ4n) is 2.41. The third kappa shape index (κ3) is 4.90. The molecule has 0 fully saturated rings. The Hall–Kier alpha value is -4.41. The third-order valence-electron chi connectivity index (χ3n) is 3.86. The average molecular weight is 415 g/mol. The molecule has 0 atom stereocenters. The lowest BCUT2D eigenvalue weighted by Crippen LogP contribution is -2.21. The minimum atomic E-state index is -1.11. The van der Waals surface area contributed by atoms with Crippen LogP contribution in [0.25, 0.3) is 10.9 Å². The van der Waals surface area contributed by atoms with E-state index in [4.69, 9.17) is 10.8 Å². The van der Waals surface area contributed by atoms with E-state index in [1.54, 1.807) is 0 Å². The highest BCUT2D eigenvalue weighted by atomic mass is 16.5. The Morgan fingerprint density at radius 3 is 2.10 bits per heavy atom. The number of carboxylic acid groups (broad SMARTS) is 1. The molecule has 0 saturated carbocycles. The van der Waals surface area contributed by atoms with Gasteiger partial charge in [0.15, 0.2) is 0 Å². The van der Waals surface area contributed by atoms with Gasteiger partial charge in [0, 0.05) is 5.69 Å². The summed E-state index contributed by atoms with van der Waals surface area (Å²) in [5, 5.41) is 8.95. The molecule has 0 amide bonds. The SMILES string of the molecule is COC(=O)c1ccc(C(=O)OC)c(N)c1.O=C(O)c1ccc2c(=O)[nH]c(=O)[nH]c2c1. The standard InChI is InChI=1S/C10H11NO4.C9H6N2O4/c1-14-9(12)6-3-4-7(8(11)5-6)10(13)15-2;12-7-5-2-1-4(8(13)14)3-6(5)10-9(15)11-7/h3-5H,11H2,1-2H3;1-3H,(H,13,14)(H2,10,11,12,15). The molecule has 3 rings (SSSR count). The number of hydrogen-bond acceptors (Lipinski definition) is 8. The van der Waals surface area contributed by atoms with Gasteiger partial charge in [-0.2, -0.15) is 0 Å². The quantitative estimate of drug-likeness (QED) is 0.354. The molecule has 3 aromatic rings. The Balaban J connectivity index is 0.000000214. The van der Waals surface area contributed by atoms with Crippen LogP contribution in [0.1, 0.15) is 31.1 Å². The van der Waals surface area contributed by atoms with Gasteiger partial charge in [0.25, 0.3) is 5.56 Å². The zero-order valence-corrected chi connectivity index (χ0v) is 15.8. The highest BCUT2D eigenvalue weighted by molar-refractivity contribution is 5.98. The fourth-order valence-corrected chi connectivity index (χ4v) is 2.41. The molecule has 0 bridgehead atoms. The van der Waals surface area contributed by atoms with Crippen molar-refractivity contribution in [1.82, 2.24) is 9.97 Å². The highest BCUT2D eigenvalue weighted by Gasteiger charge is 2.13. The van der Waals surface area contributed by atoms with Crippen molar-refractivity contribution in [1.29, 1.82) is 0 Å². The van der Waals surface area contributed by atoms with Crippen LogP contribution in [0.3, 0.4) is 0 Å². The first kappa shape index (κ1) is 21.9. The van der Waals surface area contributed by atoms with Crippen LogP contribution in [0.15, 0.2) is 46.0 Å². The van der Waals surface area contributed by atoms with Gasteiger partial charge in [0.1, 0.15) is 0 Å². The zero-order valence-electron chi connectivity index (χ0n) is 15.8. The summed E-state index contributed by atoms with van der Waals surface area (Å²) in [6.07, 6.45) is 0. The number of anilines is 1. The van der Waals surface area contributed by atoms with E-state index in [-0.39, 0.29) is 27.7 Å². The molecule has 2 aromatic carbocycles. The van der Waals surface area contributed by atoms with Crippen molar-refractivity contribution < 1.29 is 29.0 Å². The molecule has 5 N–H and O–H groups in total. The van der Waals surface area contributed by atoms with E-state index in [1.165, 1.54) is 50.6 Å². The van der Waals surface area contributed by atoms with Gasteiger partial charge in [0.2, 0.25) is 0 Å². The number of nitrogen functional groups attached to an aromatic ring is 1. The first-order valence-corrected chi connectivity index (χ1v) is 8.23. The molecule has 11 heteroatoms. The zero-order chi connectivity index (χ0) is 22.4. The van der Waals surface area contributed by atoms with Crippen LogP contribution < -0.4 is 17.0 Å². The molecular weight excluding hydrogens is 398 g/mol. The van der Waals surface area contributed by atoms with Crippen molar-refractivity contribution in [2.45, 2.75) is 0 Å². The summed E-state index contributed by atoms with van der Waals surface area (Å²) in [7, 11) is 2.53. The van der Waals surface area contributed by atoms with E-state index in [0.717, 1.165) is 0 Å². The third-order valence-corrected chi connectivity index (χ3v) is 3.86. The maximum atomic E-state index is 11.3. The van der Waals surface area contributed by atoms with Gasteiger partial charge in [-0.05, 0) is 36.4 Å². The maximum absolute atomic E-state index is 11.3. The van der Waals surface area contributed by atoms with Crippen molar-refractivity contribution in [3.8, 4) is 0 Å². The molecule has 11 nitrogen and oxygen atoms in total. The van der Waals surface area contributed by atoms with Crippen LogP contribution in [-0.2, 0) is 9.47 Å². The maximum Gasteiger partial charge on any atom is 0.339 e. The van der Waals surface area contributed by atoms with Gasteiger partial charge in [0.05, 0.1) is 41.8 Å². The molecule has 1 aromatic heterocycles. The number of methoxy groups -OCH3 is 2. The molecule has 30 heavy (non-hydrogen) atoms. The lowest BCUT2D eigenvalue weighted by atomic mass is 10.1. The number of aromatic nitrogens is 2. The van der Waals surface area contributed by atoms with Crippen molar-refractivity contribution in [3.05, 3.63) is 73.9 Å². The van der Waals surface area contributed by atoms with E-state index in [2.05, 4.69) is 14.5 Å². The Morgan fingerprint density at radius 1 is 0.900 bits per heavy atom. The Kier molecular flexibility index (Phi) is 6.70. The molecule has 1 heterocycles. The van der Waals surface area contributed by atoms with Crippen molar-refractivity contribution in [2.24, 2.45) is 0 Å². The number of benzene rings is 2. The number of H-pyrrole nitrogens is 2. The lowest BCUT2D eigenvalue weighted by Gasteiger charge is -2.05. The van der Waals surface area contributed by atoms with Crippen LogP contribution in [-0.4, -0.2) is 47.2 Å². The minimum absolute atomic E-state index is 0.0174. The van der Waals surface area contributed by atoms with Crippen LogP contribution >= 0.6 is 0 Å². The largest absolute Gasteiger partial charge is 0.478 e. The predicted molar refractivity (Wildman–Crippen MR) is 106 cm³/mol. The number of aromatic amines is 2. The molecule has 0 saturated heterocycles. The van der Waals surface area contributed by atoms with E-state index < -0.39 is 29.2 Å². The number of hydrogen-bond donors (Lipinski definition) is 4. The van der Waals surface area contributed by atoms with Gasteiger partial charge >= 0.3 is 23.6 Å². The van der Waals surface area contributed by atoms with Gasteiger partial charge in [-0.1, -0.05) is 0 Å². The number of ether oxygens (including phenoxy) is 2. The molecule has 156 valence electrons. The average Bonchev–Trinajstić information content (AvgIpc) is 2.72. The van der Waals surface area contributed by atoms with E-state index in [1.807, 2.05) is 4.98 Å². The number of rotatable bonds is 3. The summed E-state index contributed by atoms with van der Waals surface area (Å²) < 4.78 is 9.02. The minimum Gasteiger partial charge on any atom is -0.478 e. The number of aromatic carboxylic acids is 1. The van der Waals surface area contributed by atoms with E-state index >= 15 is 0 Å². The van der Waals surface area contributed by atoms with Crippen LogP contribution in [0, 0.1) is 0 Å². The first-order valence-electron chi connectivity index (χ1n) is 8.23. The summed E-state index contributed by atoms with van der Waals surface area (Å²) >= 11 is 0. The number of nitrogens with two attached hydrogens (primary N) is 1. The van der Waals surface area contributed by atoms with Crippen molar-refractivity contribution >= 4 is 34.5 Å². The van der Waals surface area contributed by atoms with E-state index in [0.29, 0.717) is 5.56 Å². The van der Waals surface area contributed by atoms with Crippen LogP contribution in [0.2, 0.25) is 0 Å². The molecule has 0 aliphatic carbocycles. The van der Waals surface area contributed by atoms with Crippen molar-refractivity contribution in [3.63, 3.8) is 0 Å². The fraction of sp³-hybridized carbons (Fsp3) is 0.105. The Bertz CT molecular complexity index is 1240. The van der Waals surface area contributed by atoms with Gasteiger partial charge in [-0.15, -0.1) is 0 Å². The van der Waals surface area contributed by atoms with E-state index in [9.17, 15) is 24.0 Å². The van der Waals surface area contributed by atoms with Gasteiger partial charge in [-0.25, -0.2) is 19.2 Å². The lowest BCUT2D eigenvalue weighted by molar-refractivity contribution is 0.0587. The van der Waals surface area contributed by atoms with Crippen LogP contribution in [0.5, 0.6) is 0 Å². The van der Waals surface area contributed by atoms with Crippen molar-refractivity contribution in [2.75, 3.05) is 20.0 Å². The smallest absolute Gasteiger partial charge is 0.339 e. The molecule has 0 aliphatic heterocycles. The highest BCUT2D eigenvalue weighted by Crippen LogP contribution is 2.15. The number of carboxylic acids is 1.